The number of Topliss-reactive ketones (excluding diaryl/α,β-unsaturated/α-hetero) is 1. The number of hydrogen-bond donors (Lipinski definition) is 1. The van der Waals surface area contributed by atoms with Crippen LogP contribution in [0.4, 0.5) is 0 Å². The fourth-order valence-electron chi connectivity index (χ4n) is 1.88. The first-order chi connectivity index (χ1) is 8.10. The van der Waals surface area contributed by atoms with Gasteiger partial charge in [0.05, 0.1) is 21.1 Å². The van der Waals surface area contributed by atoms with Crippen molar-refractivity contribution in [1.29, 1.82) is 0 Å². The number of nitrogens with zero attached hydrogens (tertiary/aromatic N) is 1. The molecule has 0 spiro atoms. The second-order valence-corrected chi connectivity index (χ2v) is 5.55. The van der Waals surface area contributed by atoms with Crippen LogP contribution in [0.2, 0.25) is 0 Å². The lowest BCUT2D eigenvalue weighted by Gasteiger charge is -2.34. The number of aliphatic hydroxyl groups is 1. The Kier molecular flexibility index (Phi) is 6.45. The number of methoxy groups -OCH3 is 1. The van der Waals surface area contributed by atoms with Crippen molar-refractivity contribution in [2.45, 2.75) is 24.9 Å². The molecule has 0 saturated heterocycles. The molecule has 0 aromatic carbocycles. The minimum absolute atomic E-state index is 0.0345. The summed E-state index contributed by atoms with van der Waals surface area (Å²) in [7, 11) is 6.86. The third kappa shape index (κ3) is 6.68. The van der Waals surface area contributed by atoms with Crippen LogP contribution in [0.25, 0.3) is 0 Å². The Morgan fingerprint density at radius 1 is 1.33 bits per heavy atom. The summed E-state index contributed by atoms with van der Waals surface area (Å²) >= 11 is 0. The fourth-order valence-corrected chi connectivity index (χ4v) is 1.88. The molecule has 0 aliphatic rings. The van der Waals surface area contributed by atoms with Gasteiger partial charge in [0.15, 0.2) is 11.4 Å². The Labute approximate surface area is 108 Å². The molecule has 106 valence electrons. The number of carbonyl (C=O) groups is 2. The number of hydrogen-bond acceptors (Lipinski definition) is 5. The van der Waals surface area contributed by atoms with Crippen LogP contribution in [0.1, 0.15) is 19.3 Å². The maximum absolute atomic E-state index is 11.9. The molecule has 0 aromatic rings. The third-order valence-corrected chi connectivity index (χ3v) is 2.44. The monoisotopic (exact) mass is 261 g/mol. The zero-order valence-electron chi connectivity index (χ0n) is 11.6. The first-order valence-corrected chi connectivity index (χ1v) is 5.85. The van der Waals surface area contributed by atoms with Gasteiger partial charge in [0.2, 0.25) is 0 Å². The van der Waals surface area contributed by atoms with Crippen LogP contribution in [0.3, 0.4) is 0 Å². The summed E-state index contributed by atoms with van der Waals surface area (Å²) in [6.45, 7) is 0.435. The first kappa shape index (κ1) is 17.0. The van der Waals surface area contributed by atoms with Crippen molar-refractivity contribution < 1.29 is 29.0 Å². The number of rotatable bonds is 9. The zero-order valence-corrected chi connectivity index (χ0v) is 11.6. The lowest BCUT2D eigenvalue weighted by molar-refractivity contribution is -0.875. The molecule has 0 aromatic heterocycles. The maximum atomic E-state index is 11.9. The summed E-state index contributed by atoms with van der Waals surface area (Å²) in [5.74, 6) is -1.90. The molecule has 1 unspecified atom stereocenters. The number of carbonyl (C=O) groups excluding carboxylic acids is 2. The molecular weight excluding hydrogens is 238 g/mol. The van der Waals surface area contributed by atoms with Crippen LogP contribution in [-0.4, -0.2) is 68.3 Å². The summed E-state index contributed by atoms with van der Waals surface area (Å²) in [6, 6.07) is 0. The Balaban J connectivity index is 4.74. The van der Waals surface area contributed by atoms with Gasteiger partial charge in [-0.1, -0.05) is 0 Å². The van der Waals surface area contributed by atoms with Crippen LogP contribution >= 0.6 is 0 Å². The average Bonchev–Trinajstić information content (AvgIpc) is 2.13. The fraction of sp³-hybridized carbons (Fsp3) is 0.833. The van der Waals surface area contributed by atoms with E-state index in [0.717, 1.165) is 0 Å². The minimum Gasteiger partial charge on any atom is -0.550 e. The molecule has 0 fully saturated rings. The van der Waals surface area contributed by atoms with Crippen molar-refractivity contribution in [3.05, 3.63) is 0 Å². The Bertz CT molecular complexity index is 297. The van der Waals surface area contributed by atoms with Gasteiger partial charge in [-0.05, 0) is 6.42 Å². The maximum Gasteiger partial charge on any atom is 0.177 e. The summed E-state index contributed by atoms with van der Waals surface area (Å²) in [5.41, 5.74) is -1.87. The largest absolute Gasteiger partial charge is 0.550 e. The number of likely N-dealkylation sites (N-methyl/N-ethyl adjacent to an activating group) is 1. The van der Waals surface area contributed by atoms with Crippen molar-refractivity contribution in [3.63, 3.8) is 0 Å². The van der Waals surface area contributed by atoms with Crippen LogP contribution in [0, 0.1) is 0 Å². The topological polar surface area (TPSA) is 86.7 Å². The summed E-state index contributed by atoms with van der Waals surface area (Å²) in [5, 5.41) is 20.9. The zero-order chi connectivity index (χ0) is 14.4. The lowest BCUT2D eigenvalue weighted by Crippen LogP contribution is -2.56. The highest BCUT2D eigenvalue weighted by atomic mass is 16.5. The predicted molar refractivity (Wildman–Crippen MR) is 63.6 cm³/mol. The van der Waals surface area contributed by atoms with Gasteiger partial charge in [0.25, 0.3) is 0 Å². The molecule has 0 rings (SSSR count). The van der Waals surface area contributed by atoms with E-state index in [4.69, 9.17) is 4.74 Å². The van der Waals surface area contributed by atoms with Gasteiger partial charge < -0.3 is 24.2 Å². The highest BCUT2D eigenvalue weighted by molar-refractivity contribution is 5.90. The SMILES string of the molecule is COCCCC(=O)C(O)(CC(=O)[O-])C[N+](C)(C)C. The van der Waals surface area contributed by atoms with Crippen molar-refractivity contribution in [3.8, 4) is 0 Å². The molecule has 6 heteroatoms. The van der Waals surface area contributed by atoms with E-state index in [1.54, 1.807) is 21.1 Å². The molecule has 0 heterocycles. The molecule has 0 amide bonds. The van der Waals surface area contributed by atoms with E-state index in [1.165, 1.54) is 7.11 Å². The van der Waals surface area contributed by atoms with E-state index in [9.17, 15) is 19.8 Å². The Morgan fingerprint density at radius 2 is 1.89 bits per heavy atom. The van der Waals surface area contributed by atoms with Crippen molar-refractivity contribution in [2.75, 3.05) is 41.4 Å². The van der Waals surface area contributed by atoms with Crippen LogP contribution in [0.15, 0.2) is 0 Å². The molecule has 0 saturated carbocycles. The molecule has 18 heavy (non-hydrogen) atoms. The number of ketones is 1. The normalized spacial score (nSPS) is 15.2. The number of quaternary nitrogens is 1. The van der Waals surface area contributed by atoms with E-state index in [-0.39, 0.29) is 13.0 Å². The molecule has 6 nitrogen and oxygen atoms in total. The van der Waals surface area contributed by atoms with Gasteiger partial charge in [-0.25, -0.2) is 0 Å². The molecule has 1 atom stereocenters. The van der Waals surface area contributed by atoms with Gasteiger partial charge in [-0.3, -0.25) is 4.79 Å². The van der Waals surface area contributed by atoms with Gasteiger partial charge in [-0.2, -0.15) is 0 Å². The van der Waals surface area contributed by atoms with Gasteiger partial charge >= 0.3 is 0 Å². The Morgan fingerprint density at radius 3 is 2.28 bits per heavy atom. The molecule has 0 aliphatic heterocycles. The van der Waals surface area contributed by atoms with Gasteiger partial charge in [0.1, 0.15) is 6.54 Å². The van der Waals surface area contributed by atoms with Gasteiger partial charge in [0, 0.05) is 32.5 Å². The third-order valence-electron chi connectivity index (χ3n) is 2.44. The molecule has 0 bridgehead atoms. The summed E-state index contributed by atoms with van der Waals surface area (Å²) < 4.78 is 5.11. The second kappa shape index (κ2) is 6.82. The Hall–Kier alpha value is -0.980. The van der Waals surface area contributed by atoms with Crippen molar-refractivity contribution in [2.24, 2.45) is 0 Å². The van der Waals surface area contributed by atoms with E-state index >= 15 is 0 Å². The van der Waals surface area contributed by atoms with E-state index in [0.29, 0.717) is 17.5 Å². The lowest BCUT2D eigenvalue weighted by atomic mass is 9.90. The van der Waals surface area contributed by atoms with Crippen LogP contribution in [-0.2, 0) is 14.3 Å². The molecule has 1 N–H and O–H groups in total. The smallest absolute Gasteiger partial charge is 0.177 e. The number of carboxylic acids is 1. The summed E-state index contributed by atoms with van der Waals surface area (Å²) in [4.78, 5) is 22.6. The standard InChI is InChI=1S/C12H23NO5/c1-13(2,3)9-12(17,8-11(15)16)10(14)6-5-7-18-4/h17H,5-9H2,1-4H3. The molecular formula is C12H23NO5. The second-order valence-electron chi connectivity index (χ2n) is 5.55. The van der Waals surface area contributed by atoms with Crippen LogP contribution < -0.4 is 5.11 Å². The van der Waals surface area contributed by atoms with E-state index < -0.39 is 23.8 Å². The van der Waals surface area contributed by atoms with Gasteiger partial charge in [-0.15, -0.1) is 0 Å². The molecule has 0 aliphatic carbocycles. The predicted octanol–water partition coefficient (Wildman–Crippen LogP) is -1.44. The highest BCUT2D eigenvalue weighted by Gasteiger charge is 2.40. The number of ether oxygens (including phenoxy) is 1. The van der Waals surface area contributed by atoms with E-state index in [2.05, 4.69) is 0 Å². The minimum atomic E-state index is -1.87. The summed E-state index contributed by atoms with van der Waals surface area (Å²) in [6.07, 6.45) is -0.117. The number of aliphatic carboxylic acids is 1. The van der Waals surface area contributed by atoms with Crippen molar-refractivity contribution in [1.82, 2.24) is 0 Å². The van der Waals surface area contributed by atoms with E-state index in [1.807, 2.05) is 0 Å². The first-order valence-electron chi connectivity index (χ1n) is 5.85. The average molecular weight is 261 g/mol. The van der Waals surface area contributed by atoms with Crippen LogP contribution in [0.5, 0.6) is 0 Å². The highest BCUT2D eigenvalue weighted by Crippen LogP contribution is 2.18. The van der Waals surface area contributed by atoms with Crippen molar-refractivity contribution >= 4 is 11.8 Å². The molecule has 0 radical (unpaired) electrons. The number of carboxylic acid groups (broad SMARTS) is 1. The quantitative estimate of drug-likeness (QED) is 0.406.